The largest absolute Gasteiger partial charge is 0.419 e. The third kappa shape index (κ3) is 4.69. The number of nitrogens with zero attached hydrogens (tertiary/aromatic N) is 5. The Morgan fingerprint density at radius 2 is 1.90 bits per heavy atom. The summed E-state index contributed by atoms with van der Waals surface area (Å²) < 4.78 is 7.57. The molecule has 3 heterocycles. The summed E-state index contributed by atoms with van der Waals surface area (Å²) in [6.45, 7) is 6.87. The van der Waals surface area contributed by atoms with Gasteiger partial charge in [-0.1, -0.05) is 0 Å². The average molecular weight is 409 g/mol. The van der Waals surface area contributed by atoms with Gasteiger partial charge in [0.2, 0.25) is 11.8 Å². The molecule has 30 heavy (non-hydrogen) atoms. The second kappa shape index (κ2) is 9.11. The fourth-order valence-electron chi connectivity index (χ4n) is 3.77. The quantitative estimate of drug-likeness (QED) is 0.639. The fraction of sp³-hybridized carbons (Fsp3) is 0.455. The molecule has 3 aromatic rings. The van der Waals surface area contributed by atoms with Crippen LogP contribution >= 0.6 is 0 Å². The maximum atomic E-state index is 12.3. The van der Waals surface area contributed by atoms with Crippen molar-refractivity contribution in [3.05, 3.63) is 41.9 Å². The number of benzene rings is 1. The summed E-state index contributed by atoms with van der Waals surface area (Å²) in [7, 11) is 0. The molecule has 0 saturated carbocycles. The molecule has 1 fully saturated rings. The zero-order chi connectivity index (χ0) is 20.9. The Bertz CT molecular complexity index is 985. The van der Waals surface area contributed by atoms with E-state index >= 15 is 0 Å². The first-order chi connectivity index (χ1) is 14.6. The number of amides is 1. The van der Waals surface area contributed by atoms with Crippen LogP contribution in [0.5, 0.6) is 0 Å². The molecule has 1 aliphatic heterocycles. The molecule has 8 nitrogen and oxygen atoms in total. The van der Waals surface area contributed by atoms with Gasteiger partial charge in [0.25, 0.3) is 5.89 Å². The summed E-state index contributed by atoms with van der Waals surface area (Å²) in [6.07, 6.45) is 4.48. The minimum absolute atomic E-state index is 0.0742. The van der Waals surface area contributed by atoms with Crippen molar-refractivity contribution >= 4 is 17.3 Å². The van der Waals surface area contributed by atoms with E-state index in [9.17, 15) is 4.79 Å². The lowest BCUT2D eigenvalue weighted by Gasteiger charge is -2.28. The van der Waals surface area contributed by atoms with Crippen molar-refractivity contribution in [1.82, 2.24) is 20.0 Å². The molecule has 1 saturated heterocycles. The molecule has 4 rings (SSSR count). The van der Waals surface area contributed by atoms with E-state index in [1.54, 1.807) is 0 Å². The van der Waals surface area contributed by atoms with Gasteiger partial charge in [-0.25, -0.2) is 0 Å². The lowest BCUT2D eigenvalue weighted by atomic mass is 10.1. The van der Waals surface area contributed by atoms with Gasteiger partial charge in [0.15, 0.2) is 0 Å². The molecule has 8 heteroatoms. The van der Waals surface area contributed by atoms with E-state index in [0.717, 1.165) is 36.7 Å². The van der Waals surface area contributed by atoms with Crippen molar-refractivity contribution in [3.8, 4) is 11.6 Å². The summed E-state index contributed by atoms with van der Waals surface area (Å²) in [4.78, 5) is 14.7. The standard InChI is InChI=1S/C22H28N6O2/c1-3-28-19(15-16(2)26-28)22-25-24-21(30-22)12-11-20(29)23-17-7-9-18(10-8-17)27-13-5-4-6-14-27/h7-10,15H,3-6,11-14H2,1-2H3,(H,23,29). The van der Waals surface area contributed by atoms with Crippen LogP contribution in [-0.2, 0) is 17.8 Å². The van der Waals surface area contributed by atoms with Crippen LogP contribution < -0.4 is 10.2 Å². The van der Waals surface area contributed by atoms with E-state index in [1.807, 2.05) is 36.7 Å². The maximum Gasteiger partial charge on any atom is 0.265 e. The van der Waals surface area contributed by atoms with Crippen LogP contribution in [0.1, 0.15) is 44.2 Å². The predicted octanol–water partition coefficient (Wildman–Crippen LogP) is 3.82. The number of nitrogens with one attached hydrogen (secondary N) is 1. The predicted molar refractivity (Wildman–Crippen MR) is 115 cm³/mol. The van der Waals surface area contributed by atoms with Crippen LogP contribution in [0.4, 0.5) is 11.4 Å². The van der Waals surface area contributed by atoms with E-state index in [-0.39, 0.29) is 12.3 Å². The number of aromatic nitrogens is 4. The normalized spacial score (nSPS) is 14.1. The third-order valence-electron chi connectivity index (χ3n) is 5.33. The Kier molecular flexibility index (Phi) is 6.11. The molecule has 1 aliphatic rings. The lowest BCUT2D eigenvalue weighted by Crippen LogP contribution is -2.29. The van der Waals surface area contributed by atoms with Gasteiger partial charge in [-0.15, -0.1) is 10.2 Å². The van der Waals surface area contributed by atoms with Crippen molar-refractivity contribution in [2.45, 2.75) is 52.5 Å². The Hall–Kier alpha value is -3.16. The van der Waals surface area contributed by atoms with Crippen molar-refractivity contribution in [3.63, 3.8) is 0 Å². The lowest BCUT2D eigenvalue weighted by molar-refractivity contribution is -0.116. The van der Waals surface area contributed by atoms with Crippen LogP contribution in [0.15, 0.2) is 34.7 Å². The molecule has 0 spiro atoms. The highest BCUT2D eigenvalue weighted by Crippen LogP contribution is 2.22. The Morgan fingerprint density at radius 3 is 2.63 bits per heavy atom. The van der Waals surface area contributed by atoms with Gasteiger partial charge in [0.1, 0.15) is 5.69 Å². The molecule has 0 radical (unpaired) electrons. The summed E-state index contributed by atoms with van der Waals surface area (Å²) in [5, 5.41) is 15.5. The zero-order valence-corrected chi connectivity index (χ0v) is 17.6. The van der Waals surface area contributed by atoms with E-state index in [4.69, 9.17) is 4.42 Å². The van der Waals surface area contributed by atoms with Crippen LogP contribution in [0.2, 0.25) is 0 Å². The number of carbonyl (C=O) groups is 1. The highest BCUT2D eigenvalue weighted by atomic mass is 16.4. The number of rotatable bonds is 7. The minimum atomic E-state index is -0.0742. The monoisotopic (exact) mass is 408 g/mol. The second-order valence-electron chi connectivity index (χ2n) is 7.63. The molecular formula is C22H28N6O2. The summed E-state index contributed by atoms with van der Waals surface area (Å²) >= 11 is 0. The third-order valence-corrected chi connectivity index (χ3v) is 5.33. The number of anilines is 2. The zero-order valence-electron chi connectivity index (χ0n) is 17.6. The number of aryl methyl sites for hydroxylation is 3. The van der Waals surface area contributed by atoms with Crippen LogP contribution in [0.3, 0.4) is 0 Å². The highest BCUT2D eigenvalue weighted by Gasteiger charge is 2.15. The van der Waals surface area contributed by atoms with Gasteiger partial charge in [-0.2, -0.15) is 5.10 Å². The number of carbonyl (C=O) groups excluding carboxylic acids is 1. The molecule has 1 aromatic carbocycles. The van der Waals surface area contributed by atoms with Gasteiger partial charge >= 0.3 is 0 Å². The van der Waals surface area contributed by atoms with Gasteiger partial charge in [-0.3, -0.25) is 9.48 Å². The summed E-state index contributed by atoms with van der Waals surface area (Å²) in [5.41, 5.74) is 3.71. The number of hydrogen-bond acceptors (Lipinski definition) is 6. The van der Waals surface area contributed by atoms with Gasteiger partial charge in [0.05, 0.1) is 5.69 Å². The second-order valence-corrected chi connectivity index (χ2v) is 7.63. The first-order valence-corrected chi connectivity index (χ1v) is 10.6. The van der Waals surface area contributed by atoms with E-state index in [1.165, 1.54) is 24.9 Å². The first-order valence-electron chi connectivity index (χ1n) is 10.6. The van der Waals surface area contributed by atoms with Crippen molar-refractivity contribution in [1.29, 1.82) is 0 Å². The fourth-order valence-corrected chi connectivity index (χ4v) is 3.77. The van der Waals surface area contributed by atoms with Gasteiger partial charge in [0, 0.05) is 43.9 Å². The molecule has 1 amide bonds. The van der Waals surface area contributed by atoms with Crippen LogP contribution in [-0.4, -0.2) is 39.0 Å². The van der Waals surface area contributed by atoms with Crippen molar-refractivity contribution < 1.29 is 9.21 Å². The summed E-state index contributed by atoms with van der Waals surface area (Å²) in [5.74, 6) is 0.804. The minimum Gasteiger partial charge on any atom is -0.419 e. The molecule has 0 aliphatic carbocycles. The molecule has 0 bridgehead atoms. The molecule has 158 valence electrons. The van der Waals surface area contributed by atoms with Crippen LogP contribution in [0, 0.1) is 6.92 Å². The number of hydrogen-bond donors (Lipinski definition) is 1. The Morgan fingerprint density at radius 1 is 1.13 bits per heavy atom. The van der Waals surface area contributed by atoms with Gasteiger partial charge in [-0.05, 0) is 63.4 Å². The Balaban J connectivity index is 1.30. The molecular weight excluding hydrogens is 380 g/mol. The SMILES string of the molecule is CCn1nc(C)cc1-c1nnc(CCC(=O)Nc2ccc(N3CCCCC3)cc2)o1. The molecule has 0 unspecified atom stereocenters. The molecule has 0 atom stereocenters. The highest BCUT2D eigenvalue weighted by molar-refractivity contribution is 5.90. The van der Waals surface area contributed by atoms with Crippen molar-refractivity contribution in [2.75, 3.05) is 23.3 Å². The van der Waals surface area contributed by atoms with E-state index in [0.29, 0.717) is 18.2 Å². The molecule has 2 aromatic heterocycles. The van der Waals surface area contributed by atoms with E-state index in [2.05, 4.69) is 37.6 Å². The van der Waals surface area contributed by atoms with Crippen LogP contribution in [0.25, 0.3) is 11.6 Å². The Labute approximate surface area is 176 Å². The number of piperidine rings is 1. The molecule has 1 N–H and O–H groups in total. The average Bonchev–Trinajstić information content (AvgIpc) is 3.39. The van der Waals surface area contributed by atoms with Gasteiger partial charge < -0.3 is 14.6 Å². The summed E-state index contributed by atoms with van der Waals surface area (Å²) in [6, 6.07) is 9.98. The maximum absolute atomic E-state index is 12.3. The van der Waals surface area contributed by atoms with E-state index < -0.39 is 0 Å². The first kappa shape index (κ1) is 20.1. The topological polar surface area (TPSA) is 89.1 Å². The van der Waals surface area contributed by atoms with Crippen molar-refractivity contribution in [2.24, 2.45) is 0 Å². The smallest absolute Gasteiger partial charge is 0.265 e.